The van der Waals surface area contributed by atoms with Gasteiger partial charge < -0.3 is 15.2 Å². The predicted molar refractivity (Wildman–Crippen MR) is 86.5 cm³/mol. The van der Waals surface area contributed by atoms with Crippen molar-refractivity contribution in [2.45, 2.75) is 31.7 Å². The zero-order chi connectivity index (χ0) is 16.2. The molecular weight excluding hydrogens is 302 g/mol. The molecule has 0 aromatic heterocycles. The van der Waals surface area contributed by atoms with Gasteiger partial charge in [0.1, 0.15) is 11.3 Å². The van der Waals surface area contributed by atoms with Crippen LogP contribution >= 0.6 is 11.8 Å². The molecule has 120 valence electrons. The normalized spacial score (nSPS) is 16.8. The molecule has 22 heavy (non-hydrogen) atoms. The molecule has 0 radical (unpaired) electrons. The first-order valence-corrected chi connectivity index (χ1v) is 8.38. The second kappa shape index (κ2) is 7.05. The first-order valence-electron chi connectivity index (χ1n) is 7.22. The van der Waals surface area contributed by atoms with Crippen molar-refractivity contribution >= 4 is 23.6 Å². The Balaban J connectivity index is 2.12. The van der Waals surface area contributed by atoms with E-state index >= 15 is 0 Å². The zero-order valence-electron chi connectivity index (χ0n) is 12.8. The molecule has 0 saturated carbocycles. The number of hydrogen-bond donors (Lipinski definition) is 2. The van der Waals surface area contributed by atoms with E-state index in [9.17, 15) is 14.7 Å². The van der Waals surface area contributed by atoms with Crippen LogP contribution in [0.2, 0.25) is 0 Å². The van der Waals surface area contributed by atoms with Crippen LogP contribution in [0, 0.1) is 6.92 Å². The molecule has 0 atom stereocenters. The van der Waals surface area contributed by atoms with E-state index < -0.39 is 11.5 Å². The van der Waals surface area contributed by atoms with Crippen molar-refractivity contribution in [1.29, 1.82) is 0 Å². The molecule has 0 unspecified atom stereocenters. The molecule has 1 aromatic rings. The van der Waals surface area contributed by atoms with Crippen LogP contribution in [-0.2, 0) is 16.0 Å². The number of carboxylic acid groups (broad SMARTS) is 1. The van der Waals surface area contributed by atoms with Crippen LogP contribution in [0.1, 0.15) is 24.0 Å². The lowest BCUT2D eigenvalue weighted by atomic mass is 9.92. The van der Waals surface area contributed by atoms with Crippen LogP contribution in [0.25, 0.3) is 0 Å². The Morgan fingerprint density at radius 1 is 1.36 bits per heavy atom. The lowest BCUT2D eigenvalue weighted by Gasteiger charge is -2.33. The molecule has 0 aliphatic carbocycles. The molecule has 5 nitrogen and oxygen atoms in total. The number of ether oxygens (including phenoxy) is 1. The fourth-order valence-corrected chi connectivity index (χ4v) is 3.83. The molecule has 1 amide bonds. The standard InChI is InChI=1S/C16H21NO4S/c1-11-3-4-13(21-2)12(9-11)10-14(18)17-16(15(19)20)5-7-22-8-6-16/h3-4,9H,5-8,10H2,1-2H3,(H,17,18)(H,19,20). The molecular formula is C16H21NO4S. The zero-order valence-corrected chi connectivity index (χ0v) is 13.7. The Labute approximate surface area is 134 Å². The Morgan fingerprint density at radius 3 is 2.64 bits per heavy atom. The van der Waals surface area contributed by atoms with Crippen molar-refractivity contribution in [2.75, 3.05) is 18.6 Å². The number of carbonyl (C=O) groups is 2. The third-order valence-electron chi connectivity index (χ3n) is 3.92. The number of carboxylic acids is 1. The van der Waals surface area contributed by atoms with Gasteiger partial charge in [-0.2, -0.15) is 11.8 Å². The van der Waals surface area contributed by atoms with E-state index in [1.54, 1.807) is 18.9 Å². The third-order valence-corrected chi connectivity index (χ3v) is 4.91. The number of methoxy groups -OCH3 is 1. The fraction of sp³-hybridized carbons (Fsp3) is 0.500. The summed E-state index contributed by atoms with van der Waals surface area (Å²) in [7, 11) is 1.56. The summed E-state index contributed by atoms with van der Waals surface area (Å²) >= 11 is 1.72. The minimum atomic E-state index is -1.13. The Morgan fingerprint density at radius 2 is 2.05 bits per heavy atom. The SMILES string of the molecule is COc1ccc(C)cc1CC(=O)NC1(C(=O)O)CCSCC1. The van der Waals surface area contributed by atoms with Crippen LogP contribution < -0.4 is 10.1 Å². The van der Waals surface area contributed by atoms with Gasteiger partial charge in [0.05, 0.1) is 13.5 Å². The first-order chi connectivity index (χ1) is 10.5. The van der Waals surface area contributed by atoms with Crippen molar-refractivity contribution in [3.05, 3.63) is 29.3 Å². The van der Waals surface area contributed by atoms with Crippen molar-refractivity contribution in [3.63, 3.8) is 0 Å². The second-order valence-corrected chi connectivity index (χ2v) is 6.76. The van der Waals surface area contributed by atoms with Gasteiger partial charge in [-0.3, -0.25) is 4.79 Å². The van der Waals surface area contributed by atoms with Gasteiger partial charge in [0.25, 0.3) is 0 Å². The first kappa shape index (κ1) is 16.7. The molecule has 1 fully saturated rings. The number of carbonyl (C=O) groups excluding carboxylic acids is 1. The highest BCUT2D eigenvalue weighted by molar-refractivity contribution is 7.99. The molecule has 2 N–H and O–H groups in total. The molecule has 2 rings (SSSR count). The van der Waals surface area contributed by atoms with Gasteiger partial charge in [-0.05, 0) is 37.3 Å². The van der Waals surface area contributed by atoms with E-state index in [0.29, 0.717) is 18.6 Å². The molecule has 6 heteroatoms. The summed E-state index contributed by atoms with van der Waals surface area (Å²) in [5.41, 5.74) is 0.677. The van der Waals surface area contributed by atoms with Crippen molar-refractivity contribution in [1.82, 2.24) is 5.32 Å². The van der Waals surface area contributed by atoms with Crippen LogP contribution in [-0.4, -0.2) is 41.1 Å². The van der Waals surface area contributed by atoms with E-state index in [1.165, 1.54) is 0 Å². The van der Waals surface area contributed by atoms with Crippen molar-refractivity contribution in [2.24, 2.45) is 0 Å². The van der Waals surface area contributed by atoms with E-state index in [0.717, 1.165) is 22.6 Å². The summed E-state index contributed by atoms with van der Waals surface area (Å²) < 4.78 is 5.26. The molecule has 0 bridgehead atoms. The minimum Gasteiger partial charge on any atom is -0.496 e. The number of aliphatic carboxylic acids is 1. The van der Waals surface area contributed by atoms with Crippen LogP contribution in [0.15, 0.2) is 18.2 Å². The van der Waals surface area contributed by atoms with Gasteiger partial charge in [-0.25, -0.2) is 4.79 Å². The van der Waals surface area contributed by atoms with E-state index in [4.69, 9.17) is 4.74 Å². The van der Waals surface area contributed by atoms with Gasteiger partial charge in [-0.15, -0.1) is 0 Å². The summed E-state index contributed by atoms with van der Waals surface area (Å²) in [6.07, 6.45) is 1.04. The van der Waals surface area contributed by atoms with Crippen molar-refractivity contribution in [3.8, 4) is 5.75 Å². The van der Waals surface area contributed by atoms with Gasteiger partial charge >= 0.3 is 5.97 Å². The summed E-state index contributed by atoms with van der Waals surface area (Å²) in [5.74, 6) is 0.917. The second-order valence-electron chi connectivity index (χ2n) is 5.54. The number of amides is 1. The molecule has 1 aromatic carbocycles. The average molecular weight is 323 g/mol. The van der Waals surface area contributed by atoms with Crippen LogP contribution in [0.3, 0.4) is 0 Å². The number of thioether (sulfide) groups is 1. The van der Waals surface area contributed by atoms with Crippen LogP contribution in [0.4, 0.5) is 0 Å². The third kappa shape index (κ3) is 3.74. The van der Waals surface area contributed by atoms with Gasteiger partial charge in [0.2, 0.25) is 5.91 Å². The highest BCUT2D eigenvalue weighted by Gasteiger charge is 2.41. The molecule has 1 saturated heterocycles. The number of aryl methyl sites for hydroxylation is 1. The Bertz CT molecular complexity index is 567. The highest BCUT2D eigenvalue weighted by atomic mass is 32.2. The predicted octanol–water partition coefficient (Wildman–Crippen LogP) is 2.01. The monoisotopic (exact) mass is 323 g/mol. The van der Waals surface area contributed by atoms with Gasteiger partial charge in [0.15, 0.2) is 0 Å². The summed E-state index contributed by atoms with van der Waals surface area (Å²) in [6, 6.07) is 5.63. The maximum Gasteiger partial charge on any atom is 0.329 e. The maximum absolute atomic E-state index is 12.3. The molecule has 1 heterocycles. The summed E-state index contributed by atoms with van der Waals surface area (Å²) in [6.45, 7) is 1.94. The number of rotatable bonds is 5. The summed E-state index contributed by atoms with van der Waals surface area (Å²) in [4.78, 5) is 23.9. The highest BCUT2D eigenvalue weighted by Crippen LogP contribution is 2.28. The quantitative estimate of drug-likeness (QED) is 0.867. The van der Waals surface area contributed by atoms with Gasteiger partial charge in [0, 0.05) is 5.56 Å². The van der Waals surface area contributed by atoms with Gasteiger partial charge in [-0.1, -0.05) is 17.7 Å². The lowest BCUT2D eigenvalue weighted by molar-refractivity contribution is -0.148. The average Bonchev–Trinajstić information content (AvgIpc) is 2.48. The minimum absolute atomic E-state index is 0.118. The lowest BCUT2D eigenvalue weighted by Crippen LogP contribution is -2.56. The number of benzene rings is 1. The van der Waals surface area contributed by atoms with Crippen LogP contribution in [0.5, 0.6) is 5.75 Å². The molecule has 1 aliphatic heterocycles. The van der Waals surface area contributed by atoms with E-state index in [2.05, 4.69) is 5.32 Å². The molecule has 0 spiro atoms. The Kier molecular flexibility index (Phi) is 5.34. The topological polar surface area (TPSA) is 75.6 Å². The smallest absolute Gasteiger partial charge is 0.329 e. The largest absolute Gasteiger partial charge is 0.496 e. The Hall–Kier alpha value is -1.69. The fourth-order valence-electron chi connectivity index (χ4n) is 2.64. The van der Waals surface area contributed by atoms with E-state index in [-0.39, 0.29) is 12.3 Å². The maximum atomic E-state index is 12.3. The number of nitrogens with one attached hydrogen (secondary N) is 1. The van der Waals surface area contributed by atoms with E-state index in [1.807, 2.05) is 25.1 Å². The summed E-state index contributed by atoms with van der Waals surface area (Å²) in [5, 5.41) is 12.2. The van der Waals surface area contributed by atoms with Crippen molar-refractivity contribution < 1.29 is 19.4 Å². The number of hydrogen-bond acceptors (Lipinski definition) is 4. The molecule has 1 aliphatic rings.